The average Bonchev–Trinajstić information content (AvgIpc) is 3.11. The maximum atomic E-state index is 12.0. The van der Waals surface area contributed by atoms with Gasteiger partial charge in [0.05, 0.1) is 11.7 Å². The van der Waals surface area contributed by atoms with Gasteiger partial charge in [0.2, 0.25) is 5.91 Å². The molecular weight excluding hydrogens is 363 g/mol. The Morgan fingerprint density at radius 3 is 2.82 bits per heavy atom. The van der Waals surface area contributed by atoms with Gasteiger partial charge in [0, 0.05) is 23.6 Å². The zero-order valence-electron chi connectivity index (χ0n) is 12.2. The van der Waals surface area contributed by atoms with E-state index in [1.54, 1.807) is 11.8 Å². The SMILES string of the molecule is Cl.Cl.O=C(Nc1nc(CN2CCCCC2)cs1)C1CSCN1. The number of piperidine rings is 1. The molecule has 0 aliphatic carbocycles. The lowest BCUT2D eigenvalue weighted by Crippen LogP contribution is -2.37. The predicted octanol–water partition coefficient (Wildman–Crippen LogP) is 2.57. The van der Waals surface area contributed by atoms with E-state index >= 15 is 0 Å². The molecule has 1 aromatic heterocycles. The van der Waals surface area contributed by atoms with Crippen molar-refractivity contribution in [2.24, 2.45) is 0 Å². The Balaban J connectivity index is 0.00000121. The molecule has 2 saturated heterocycles. The van der Waals surface area contributed by atoms with E-state index in [1.165, 1.54) is 43.7 Å². The first-order chi connectivity index (χ1) is 9.81. The second-order valence-corrected chi connectivity index (χ2v) is 7.13. The predicted molar refractivity (Wildman–Crippen MR) is 98.6 cm³/mol. The minimum absolute atomic E-state index is 0. The monoisotopic (exact) mass is 384 g/mol. The van der Waals surface area contributed by atoms with Crippen molar-refractivity contribution >= 4 is 59.0 Å². The second kappa shape index (κ2) is 9.95. The molecule has 5 nitrogen and oxygen atoms in total. The minimum Gasteiger partial charge on any atom is -0.301 e. The van der Waals surface area contributed by atoms with Crippen molar-refractivity contribution < 1.29 is 4.79 Å². The maximum Gasteiger partial charge on any atom is 0.244 e. The number of carbonyl (C=O) groups excluding carboxylic acids is 1. The van der Waals surface area contributed by atoms with Crippen molar-refractivity contribution in [2.45, 2.75) is 31.8 Å². The number of anilines is 1. The quantitative estimate of drug-likeness (QED) is 0.835. The van der Waals surface area contributed by atoms with Crippen LogP contribution in [0.4, 0.5) is 5.13 Å². The summed E-state index contributed by atoms with van der Waals surface area (Å²) in [6.07, 6.45) is 3.93. The van der Waals surface area contributed by atoms with Crippen LogP contribution in [-0.2, 0) is 11.3 Å². The molecule has 126 valence electrons. The molecule has 2 aliphatic rings. The Hall–Kier alpha value is -0.0500. The molecule has 2 aliphatic heterocycles. The van der Waals surface area contributed by atoms with Gasteiger partial charge >= 0.3 is 0 Å². The van der Waals surface area contributed by atoms with E-state index in [-0.39, 0.29) is 36.8 Å². The number of carbonyl (C=O) groups is 1. The molecule has 0 spiro atoms. The number of nitrogens with one attached hydrogen (secondary N) is 2. The number of thioether (sulfide) groups is 1. The summed E-state index contributed by atoms with van der Waals surface area (Å²) in [5.74, 6) is 1.74. The van der Waals surface area contributed by atoms with Crippen molar-refractivity contribution in [1.29, 1.82) is 0 Å². The highest BCUT2D eigenvalue weighted by Crippen LogP contribution is 2.20. The first-order valence-corrected chi connectivity index (χ1v) is 9.13. The van der Waals surface area contributed by atoms with Gasteiger partial charge in [-0.2, -0.15) is 0 Å². The van der Waals surface area contributed by atoms with E-state index in [0.717, 1.165) is 29.0 Å². The summed E-state index contributed by atoms with van der Waals surface area (Å²) in [5, 5.41) is 8.86. The van der Waals surface area contributed by atoms with Crippen LogP contribution in [-0.4, -0.2) is 46.6 Å². The van der Waals surface area contributed by atoms with Crippen molar-refractivity contribution in [3.63, 3.8) is 0 Å². The summed E-state index contributed by atoms with van der Waals surface area (Å²) >= 11 is 3.27. The van der Waals surface area contributed by atoms with Crippen LogP contribution < -0.4 is 10.6 Å². The highest BCUT2D eigenvalue weighted by atomic mass is 35.5. The number of thiazole rings is 1. The van der Waals surface area contributed by atoms with Gasteiger partial charge in [0.1, 0.15) is 0 Å². The molecule has 0 bridgehead atoms. The zero-order valence-corrected chi connectivity index (χ0v) is 15.5. The molecule has 1 amide bonds. The fraction of sp³-hybridized carbons (Fsp3) is 0.692. The van der Waals surface area contributed by atoms with Crippen LogP contribution in [0.5, 0.6) is 0 Å². The number of likely N-dealkylation sites (tertiary alicyclic amines) is 1. The lowest BCUT2D eigenvalue weighted by atomic mass is 10.1. The Kier molecular flexibility index (Phi) is 9.04. The van der Waals surface area contributed by atoms with Crippen LogP contribution in [0.2, 0.25) is 0 Å². The highest BCUT2D eigenvalue weighted by Gasteiger charge is 2.23. The molecule has 1 unspecified atom stereocenters. The molecule has 3 heterocycles. The summed E-state index contributed by atoms with van der Waals surface area (Å²) < 4.78 is 0. The van der Waals surface area contributed by atoms with Crippen molar-refractivity contribution in [1.82, 2.24) is 15.2 Å². The molecule has 1 atom stereocenters. The molecule has 0 saturated carbocycles. The van der Waals surface area contributed by atoms with Gasteiger partial charge in [-0.05, 0) is 25.9 Å². The third-order valence-corrected chi connectivity index (χ3v) is 5.40. The Morgan fingerprint density at radius 1 is 1.36 bits per heavy atom. The smallest absolute Gasteiger partial charge is 0.244 e. The van der Waals surface area contributed by atoms with Gasteiger partial charge < -0.3 is 5.32 Å². The Labute approximate surface area is 151 Å². The number of amides is 1. The molecule has 22 heavy (non-hydrogen) atoms. The number of nitrogens with zero attached hydrogens (tertiary/aromatic N) is 2. The van der Waals surface area contributed by atoms with E-state index in [0.29, 0.717) is 0 Å². The maximum absolute atomic E-state index is 12.0. The number of rotatable bonds is 4. The number of hydrogen-bond acceptors (Lipinski definition) is 6. The molecule has 3 rings (SSSR count). The zero-order chi connectivity index (χ0) is 13.8. The lowest BCUT2D eigenvalue weighted by Gasteiger charge is -2.25. The fourth-order valence-corrected chi connectivity index (χ4v) is 4.19. The van der Waals surface area contributed by atoms with Crippen LogP contribution in [0.3, 0.4) is 0 Å². The average molecular weight is 385 g/mol. The van der Waals surface area contributed by atoms with Crippen molar-refractivity contribution in [3.8, 4) is 0 Å². The van der Waals surface area contributed by atoms with Crippen LogP contribution in [0.1, 0.15) is 25.0 Å². The number of halogens is 2. The molecule has 0 radical (unpaired) electrons. The van der Waals surface area contributed by atoms with Crippen LogP contribution in [0.25, 0.3) is 0 Å². The topological polar surface area (TPSA) is 57.3 Å². The Morgan fingerprint density at radius 2 is 2.14 bits per heavy atom. The molecule has 9 heteroatoms. The normalized spacial score (nSPS) is 21.7. The molecular formula is C13H22Cl2N4OS2. The molecule has 2 N–H and O–H groups in total. The van der Waals surface area contributed by atoms with Crippen LogP contribution in [0.15, 0.2) is 5.38 Å². The minimum atomic E-state index is -0.0746. The van der Waals surface area contributed by atoms with Crippen LogP contribution >= 0.6 is 47.9 Å². The summed E-state index contributed by atoms with van der Waals surface area (Å²) in [6.45, 7) is 3.24. The fourth-order valence-electron chi connectivity index (χ4n) is 2.54. The van der Waals surface area contributed by atoms with Crippen LogP contribution in [0, 0.1) is 0 Å². The van der Waals surface area contributed by atoms with E-state index in [2.05, 4.69) is 25.9 Å². The Bertz CT molecular complexity index is 463. The summed E-state index contributed by atoms with van der Waals surface area (Å²) in [7, 11) is 0. The highest BCUT2D eigenvalue weighted by molar-refractivity contribution is 7.99. The van der Waals surface area contributed by atoms with Gasteiger partial charge in [0.25, 0.3) is 0 Å². The molecule has 0 aromatic carbocycles. The summed E-state index contributed by atoms with van der Waals surface area (Å²) in [5.41, 5.74) is 1.07. The van der Waals surface area contributed by atoms with Gasteiger partial charge in [0.15, 0.2) is 5.13 Å². The summed E-state index contributed by atoms with van der Waals surface area (Å²) in [4.78, 5) is 19.0. The van der Waals surface area contributed by atoms with E-state index in [4.69, 9.17) is 0 Å². The second-order valence-electron chi connectivity index (χ2n) is 5.24. The molecule has 1 aromatic rings. The van der Waals surface area contributed by atoms with Gasteiger partial charge in [-0.15, -0.1) is 47.9 Å². The van der Waals surface area contributed by atoms with Crippen molar-refractivity contribution in [3.05, 3.63) is 11.1 Å². The number of aromatic nitrogens is 1. The first kappa shape index (κ1) is 20.0. The summed E-state index contributed by atoms with van der Waals surface area (Å²) in [6, 6.07) is -0.0746. The van der Waals surface area contributed by atoms with Crippen molar-refractivity contribution in [2.75, 3.05) is 30.0 Å². The van der Waals surface area contributed by atoms with Gasteiger partial charge in [-0.3, -0.25) is 15.0 Å². The van der Waals surface area contributed by atoms with E-state index < -0.39 is 0 Å². The largest absolute Gasteiger partial charge is 0.301 e. The van der Waals surface area contributed by atoms with E-state index in [1.807, 2.05) is 0 Å². The third kappa shape index (κ3) is 5.54. The first-order valence-electron chi connectivity index (χ1n) is 7.10. The lowest BCUT2D eigenvalue weighted by molar-refractivity contribution is -0.117. The van der Waals surface area contributed by atoms with Gasteiger partial charge in [-0.25, -0.2) is 4.98 Å². The standard InChI is InChI=1S/C13H20N4OS2.2ClH/c18-12(11-8-19-9-14-11)16-13-15-10(7-20-13)6-17-4-2-1-3-5-17;;/h7,11,14H,1-6,8-9H2,(H,15,16,18);2*1H. The molecule has 2 fully saturated rings. The van der Waals surface area contributed by atoms with Gasteiger partial charge in [-0.1, -0.05) is 6.42 Å². The third-order valence-electron chi connectivity index (χ3n) is 3.65. The van der Waals surface area contributed by atoms with E-state index in [9.17, 15) is 4.79 Å². The number of hydrogen-bond donors (Lipinski definition) is 2.